The number of esters is 1. The lowest BCUT2D eigenvalue weighted by Gasteiger charge is -2.41. The molecule has 1 fully saturated rings. The monoisotopic (exact) mass is 392 g/mol. The lowest BCUT2D eigenvalue weighted by atomic mass is 9.69. The Morgan fingerprint density at radius 1 is 1.21 bits per heavy atom. The van der Waals surface area contributed by atoms with E-state index in [4.69, 9.17) is 9.47 Å². The van der Waals surface area contributed by atoms with Crippen LogP contribution in [0.4, 0.5) is 0 Å². The Morgan fingerprint density at radius 2 is 1.97 bits per heavy atom. The highest BCUT2D eigenvalue weighted by atomic mass is 16.6. The van der Waals surface area contributed by atoms with Gasteiger partial charge in [-0.2, -0.15) is 0 Å². The minimum Gasteiger partial charge on any atom is -0.460 e. The maximum Gasteiger partial charge on any atom is 0.310 e. The minimum absolute atomic E-state index is 0.0316. The van der Waals surface area contributed by atoms with E-state index in [0.29, 0.717) is 25.0 Å². The van der Waals surface area contributed by atoms with Crippen LogP contribution in [0.15, 0.2) is 48.9 Å². The molecule has 1 heterocycles. The van der Waals surface area contributed by atoms with Crippen molar-refractivity contribution in [3.05, 3.63) is 60.2 Å². The summed E-state index contributed by atoms with van der Waals surface area (Å²) in [7, 11) is 1.68. The summed E-state index contributed by atoms with van der Waals surface area (Å²) in [6.07, 6.45) is 6.80. The molecule has 1 unspecified atom stereocenters. The summed E-state index contributed by atoms with van der Waals surface area (Å²) in [4.78, 5) is 21.2. The quantitative estimate of drug-likeness (QED) is 0.580. The molecule has 0 radical (unpaired) electrons. The molecule has 5 nitrogen and oxygen atoms in total. The zero-order valence-corrected chi connectivity index (χ0v) is 17.5. The first-order valence-corrected chi connectivity index (χ1v) is 9.94. The van der Waals surface area contributed by atoms with Crippen LogP contribution >= 0.6 is 0 Å². The molecule has 0 spiro atoms. The molecule has 1 aliphatic rings. The largest absolute Gasteiger partial charge is 0.460 e. The molecule has 1 aliphatic carbocycles. The van der Waals surface area contributed by atoms with E-state index in [1.807, 2.05) is 39.0 Å². The molecule has 0 bridgehead atoms. The van der Waals surface area contributed by atoms with Crippen molar-refractivity contribution in [3.63, 3.8) is 0 Å². The number of carbonyl (C=O) groups is 1. The number of ether oxygens (including phenoxy) is 2. The smallest absolute Gasteiger partial charge is 0.310 e. The summed E-state index contributed by atoms with van der Waals surface area (Å²) < 4.78 is 11.6. The molecule has 1 aromatic heterocycles. The lowest BCUT2D eigenvalue weighted by Crippen LogP contribution is -2.43. The Kier molecular flexibility index (Phi) is 6.34. The maximum absolute atomic E-state index is 13.0. The van der Waals surface area contributed by atoms with E-state index < -0.39 is 11.2 Å². The standard InChI is InChI=1S/C24H28N2O3/c1-23(2,3)29-22(27)20-11-13-24(28-4,12-10-19-17-25-14-15-26-19)16-21(20)18-8-6-5-7-9-18/h5-9,14-15,17,20-21H,11,13,16H2,1-4H3/t20-,21+,24?/m1/s1. The number of hydrogen-bond acceptors (Lipinski definition) is 5. The maximum atomic E-state index is 13.0. The lowest BCUT2D eigenvalue weighted by molar-refractivity contribution is -0.163. The SMILES string of the molecule is COC1(C#Cc2cnccn2)CC[C@@H](C(=O)OC(C)(C)C)[C@H](c2ccccc2)C1. The van der Waals surface area contributed by atoms with Gasteiger partial charge in [-0.25, -0.2) is 4.98 Å². The van der Waals surface area contributed by atoms with Crippen LogP contribution in [0.5, 0.6) is 0 Å². The van der Waals surface area contributed by atoms with E-state index in [1.165, 1.54) is 0 Å². The van der Waals surface area contributed by atoms with Gasteiger partial charge in [0, 0.05) is 25.4 Å². The number of aromatic nitrogens is 2. The molecule has 1 saturated carbocycles. The second kappa shape index (κ2) is 8.75. The van der Waals surface area contributed by atoms with Crippen molar-refractivity contribution in [1.29, 1.82) is 0 Å². The molecule has 29 heavy (non-hydrogen) atoms. The fourth-order valence-corrected chi connectivity index (χ4v) is 3.79. The summed E-state index contributed by atoms with van der Waals surface area (Å²) >= 11 is 0. The van der Waals surface area contributed by atoms with Crippen molar-refractivity contribution in [1.82, 2.24) is 9.97 Å². The number of rotatable bonds is 3. The van der Waals surface area contributed by atoms with Gasteiger partial charge in [-0.15, -0.1) is 0 Å². The van der Waals surface area contributed by atoms with Gasteiger partial charge in [-0.05, 0) is 51.5 Å². The van der Waals surface area contributed by atoms with Gasteiger partial charge in [-0.3, -0.25) is 9.78 Å². The molecule has 0 saturated heterocycles. The molecular formula is C24H28N2O3. The van der Waals surface area contributed by atoms with Gasteiger partial charge >= 0.3 is 5.97 Å². The molecule has 1 aromatic carbocycles. The Bertz CT molecular complexity index is 881. The minimum atomic E-state index is -0.642. The topological polar surface area (TPSA) is 61.3 Å². The van der Waals surface area contributed by atoms with Crippen LogP contribution in [0.2, 0.25) is 0 Å². The summed E-state index contributed by atoms with van der Waals surface area (Å²) in [5.41, 5.74) is 0.552. The number of benzene rings is 1. The third-order valence-corrected chi connectivity index (χ3v) is 5.20. The normalized spacial score (nSPS) is 24.3. The van der Waals surface area contributed by atoms with Gasteiger partial charge < -0.3 is 9.47 Å². The van der Waals surface area contributed by atoms with Gasteiger partial charge in [-0.1, -0.05) is 36.3 Å². The van der Waals surface area contributed by atoms with Gasteiger partial charge in [0.05, 0.1) is 12.1 Å². The van der Waals surface area contributed by atoms with Crippen LogP contribution in [-0.4, -0.2) is 34.2 Å². The number of hydrogen-bond donors (Lipinski definition) is 0. The summed E-state index contributed by atoms with van der Waals surface area (Å²) in [5, 5.41) is 0. The van der Waals surface area contributed by atoms with E-state index in [2.05, 4.69) is 33.9 Å². The van der Waals surface area contributed by atoms with Gasteiger partial charge in [0.2, 0.25) is 0 Å². The van der Waals surface area contributed by atoms with Crippen molar-refractivity contribution >= 4 is 5.97 Å². The van der Waals surface area contributed by atoms with Crippen molar-refractivity contribution < 1.29 is 14.3 Å². The van der Waals surface area contributed by atoms with Crippen molar-refractivity contribution in [2.24, 2.45) is 5.92 Å². The highest BCUT2D eigenvalue weighted by molar-refractivity contribution is 5.74. The van der Waals surface area contributed by atoms with Crippen molar-refractivity contribution in [2.75, 3.05) is 7.11 Å². The first kappa shape index (κ1) is 21.0. The van der Waals surface area contributed by atoms with E-state index in [1.54, 1.807) is 25.7 Å². The van der Waals surface area contributed by atoms with Crippen molar-refractivity contribution in [2.45, 2.75) is 57.2 Å². The molecule has 2 aromatic rings. The second-order valence-electron chi connectivity index (χ2n) is 8.44. The molecule has 0 aliphatic heterocycles. The first-order chi connectivity index (χ1) is 13.8. The fourth-order valence-electron chi connectivity index (χ4n) is 3.79. The van der Waals surface area contributed by atoms with Crippen LogP contribution in [0.25, 0.3) is 0 Å². The second-order valence-corrected chi connectivity index (χ2v) is 8.44. The Hall–Kier alpha value is -2.71. The summed E-state index contributed by atoms with van der Waals surface area (Å²) in [6, 6.07) is 10.1. The van der Waals surface area contributed by atoms with Crippen molar-refractivity contribution in [3.8, 4) is 11.8 Å². The highest BCUT2D eigenvalue weighted by Crippen LogP contribution is 2.45. The molecule has 5 heteroatoms. The average molecular weight is 392 g/mol. The molecular weight excluding hydrogens is 364 g/mol. The average Bonchev–Trinajstić information content (AvgIpc) is 2.72. The van der Waals surface area contributed by atoms with E-state index >= 15 is 0 Å². The number of carbonyl (C=O) groups excluding carboxylic acids is 1. The predicted octanol–water partition coefficient (Wildman–Crippen LogP) is 4.14. The van der Waals surface area contributed by atoms with Crippen LogP contribution in [0, 0.1) is 17.8 Å². The van der Waals surface area contributed by atoms with Gasteiger partial charge in [0.25, 0.3) is 0 Å². The Labute approximate surface area is 172 Å². The zero-order chi connectivity index (χ0) is 20.9. The molecule has 3 rings (SSSR count). The van der Waals surface area contributed by atoms with Gasteiger partial charge in [0.15, 0.2) is 0 Å². The molecule has 152 valence electrons. The van der Waals surface area contributed by atoms with E-state index in [9.17, 15) is 4.79 Å². The van der Waals surface area contributed by atoms with Crippen LogP contribution in [-0.2, 0) is 14.3 Å². The van der Waals surface area contributed by atoms with Crippen LogP contribution < -0.4 is 0 Å². The number of nitrogens with zero attached hydrogens (tertiary/aromatic N) is 2. The van der Waals surface area contributed by atoms with Crippen LogP contribution in [0.3, 0.4) is 0 Å². The van der Waals surface area contributed by atoms with E-state index in [-0.39, 0.29) is 17.8 Å². The first-order valence-electron chi connectivity index (χ1n) is 9.94. The molecule has 0 N–H and O–H groups in total. The fraction of sp³-hybridized carbons (Fsp3) is 0.458. The highest BCUT2D eigenvalue weighted by Gasteiger charge is 2.45. The number of methoxy groups -OCH3 is 1. The summed E-state index contributed by atoms with van der Waals surface area (Å²) in [5.74, 6) is 5.97. The van der Waals surface area contributed by atoms with E-state index in [0.717, 1.165) is 5.56 Å². The predicted molar refractivity (Wildman–Crippen MR) is 111 cm³/mol. The third-order valence-electron chi connectivity index (χ3n) is 5.20. The Morgan fingerprint density at radius 3 is 2.59 bits per heavy atom. The van der Waals surface area contributed by atoms with Gasteiger partial charge in [0.1, 0.15) is 16.9 Å². The molecule has 3 atom stereocenters. The third kappa shape index (κ3) is 5.42. The van der Waals surface area contributed by atoms with Crippen LogP contribution in [0.1, 0.15) is 57.2 Å². The summed E-state index contributed by atoms with van der Waals surface area (Å²) in [6.45, 7) is 5.70. The Balaban J connectivity index is 1.91. The molecule has 0 amide bonds. The zero-order valence-electron chi connectivity index (χ0n) is 17.5.